The molecule has 0 aromatic heterocycles. The Morgan fingerprint density at radius 1 is 1.05 bits per heavy atom. The Morgan fingerprint density at radius 2 is 1.90 bits per heavy atom. The summed E-state index contributed by atoms with van der Waals surface area (Å²) in [7, 11) is 0. The summed E-state index contributed by atoms with van der Waals surface area (Å²) in [5.74, 6) is 1.66. The van der Waals surface area contributed by atoms with Gasteiger partial charge < -0.3 is 14.8 Å². The predicted molar refractivity (Wildman–Crippen MR) is 82.0 cm³/mol. The highest BCUT2D eigenvalue weighted by Gasteiger charge is 2.12. The first-order valence-electron chi connectivity index (χ1n) is 6.56. The summed E-state index contributed by atoms with van der Waals surface area (Å²) in [6.07, 6.45) is 0. The molecule has 1 N–H and O–H groups in total. The normalized spacial score (nSPS) is 12.7. The molecule has 0 atom stereocenters. The molecule has 1 aliphatic heterocycles. The monoisotopic (exact) mass is 333 g/mol. The highest BCUT2D eigenvalue weighted by Crippen LogP contribution is 2.32. The third kappa shape index (κ3) is 2.97. The molecule has 2 aromatic carbocycles. The molecular formula is C16H16BrNO2. The van der Waals surface area contributed by atoms with Gasteiger partial charge >= 0.3 is 0 Å². The van der Waals surface area contributed by atoms with E-state index in [0.717, 1.165) is 29.1 Å². The summed E-state index contributed by atoms with van der Waals surface area (Å²) in [5.41, 5.74) is 3.71. The van der Waals surface area contributed by atoms with Crippen LogP contribution in [0.3, 0.4) is 0 Å². The van der Waals surface area contributed by atoms with Gasteiger partial charge in [0, 0.05) is 17.6 Å². The van der Waals surface area contributed by atoms with Gasteiger partial charge in [0.15, 0.2) is 11.5 Å². The van der Waals surface area contributed by atoms with Crippen LogP contribution in [0.25, 0.3) is 0 Å². The van der Waals surface area contributed by atoms with Crippen molar-refractivity contribution in [3.8, 4) is 11.5 Å². The molecular weight excluding hydrogens is 318 g/mol. The zero-order valence-electron chi connectivity index (χ0n) is 11.3. The van der Waals surface area contributed by atoms with E-state index < -0.39 is 0 Å². The average Bonchev–Trinajstić information content (AvgIpc) is 2.89. The van der Waals surface area contributed by atoms with Gasteiger partial charge in [0.05, 0.1) is 0 Å². The largest absolute Gasteiger partial charge is 0.454 e. The van der Waals surface area contributed by atoms with E-state index >= 15 is 0 Å². The number of aryl methyl sites for hydroxylation is 1. The Bertz CT molecular complexity index is 628. The second-order valence-corrected chi connectivity index (χ2v) is 5.74. The zero-order chi connectivity index (χ0) is 13.9. The topological polar surface area (TPSA) is 30.5 Å². The van der Waals surface area contributed by atoms with E-state index in [4.69, 9.17) is 9.47 Å². The first-order chi connectivity index (χ1) is 9.72. The van der Waals surface area contributed by atoms with Crippen molar-refractivity contribution < 1.29 is 9.47 Å². The summed E-state index contributed by atoms with van der Waals surface area (Å²) in [4.78, 5) is 0. The van der Waals surface area contributed by atoms with Crippen LogP contribution in [0.1, 0.15) is 16.7 Å². The number of hydrogen-bond acceptors (Lipinski definition) is 3. The van der Waals surface area contributed by atoms with Crippen molar-refractivity contribution >= 4 is 15.9 Å². The molecule has 0 fully saturated rings. The molecule has 3 nitrogen and oxygen atoms in total. The van der Waals surface area contributed by atoms with Crippen molar-refractivity contribution in [3.63, 3.8) is 0 Å². The Kier molecular flexibility index (Phi) is 3.94. The van der Waals surface area contributed by atoms with Crippen molar-refractivity contribution in [2.24, 2.45) is 0 Å². The highest BCUT2D eigenvalue weighted by molar-refractivity contribution is 9.10. The van der Waals surface area contributed by atoms with Crippen molar-refractivity contribution in [2.75, 3.05) is 6.79 Å². The van der Waals surface area contributed by atoms with Gasteiger partial charge in [-0.1, -0.05) is 34.1 Å². The van der Waals surface area contributed by atoms with Gasteiger partial charge in [-0.3, -0.25) is 0 Å². The van der Waals surface area contributed by atoms with Gasteiger partial charge in [-0.2, -0.15) is 0 Å². The van der Waals surface area contributed by atoms with E-state index in [1.807, 2.05) is 12.1 Å². The van der Waals surface area contributed by atoms with Gasteiger partial charge in [0.25, 0.3) is 0 Å². The number of hydrogen-bond donors (Lipinski definition) is 1. The fourth-order valence-corrected chi connectivity index (χ4v) is 2.82. The second kappa shape index (κ2) is 5.85. The molecule has 0 amide bonds. The molecule has 0 aliphatic carbocycles. The van der Waals surface area contributed by atoms with Crippen molar-refractivity contribution in [1.82, 2.24) is 5.32 Å². The standard InChI is InChI=1S/C16H16BrNO2/c1-11-2-4-13(14(17)6-11)9-18-8-12-3-5-15-16(7-12)20-10-19-15/h2-7,18H,8-10H2,1H3. The molecule has 2 aromatic rings. The van der Waals surface area contributed by atoms with E-state index in [1.165, 1.54) is 16.7 Å². The van der Waals surface area contributed by atoms with E-state index in [1.54, 1.807) is 0 Å². The number of benzene rings is 2. The minimum Gasteiger partial charge on any atom is -0.454 e. The molecule has 3 rings (SSSR count). The molecule has 4 heteroatoms. The fourth-order valence-electron chi connectivity index (χ4n) is 2.19. The Morgan fingerprint density at radius 3 is 2.75 bits per heavy atom. The zero-order valence-corrected chi connectivity index (χ0v) is 12.9. The summed E-state index contributed by atoms with van der Waals surface area (Å²) < 4.78 is 11.8. The van der Waals surface area contributed by atoms with Crippen LogP contribution >= 0.6 is 15.9 Å². The van der Waals surface area contributed by atoms with Crippen LogP contribution < -0.4 is 14.8 Å². The second-order valence-electron chi connectivity index (χ2n) is 4.89. The van der Waals surface area contributed by atoms with Crippen molar-refractivity contribution in [3.05, 3.63) is 57.6 Å². The van der Waals surface area contributed by atoms with Gasteiger partial charge in [-0.15, -0.1) is 0 Å². The number of rotatable bonds is 4. The van der Waals surface area contributed by atoms with Crippen LogP contribution in [0, 0.1) is 6.92 Å². The minimum absolute atomic E-state index is 0.322. The lowest BCUT2D eigenvalue weighted by atomic mass is 10.1. The van der Waals surface area contributed by atoms with E-state index in [0.29, 0.717) is 6.79 Å². The Hall–Kier alpha value is -1.52. The number of nitrogens with one attached hydrogen (secondary N) is 1. The molecule has 0 bridgehead atoms. The van der Waals surface area contributed by atoms with E-state index in [2.05, 4.69) is 52.4 Å². The van der Waals surface area contributed by atoms with Crippen LogP contribution in [-0.2, 0) is 13.1 Å². The molecule has 20 heavy (non-hydrogen) atoms. The van der Waals surface area contributed by atoms with Crippen LogP contribution in [0.2, 0.25) is 0 Å². The molecule has 0 radical (unpaired) electrons. The van der Waals surface area contributed by atoms with Crippen molar-refractivity contribution in [2.45, 2.75) is 20.0 Å². The quantitative estimate of drug-likeness (QED) is 0.923. The smallest absolute Gasteiger partial charge is 0.231 e. The maximum absolute atomic E-state index is 5.38. The first-order valence-corrected chi connectivity index (χ1v) is 7.36. The van der Waals surface area contributed by atoms with Crippen molar-refractivity contribution in [1.29, 1.82) is 0 Å². The van der Waals surface area contributed by atoms with Crippen LogP contribution in [0.4, 0.5) is 0 Å². The molecule has 1 aliphatic rings. The summed E-state index contributed by atoms with van der Waals surface area (Å²) >= 11 is 3.60. The maximum atomic E-state index is 5.38. The number of ether oxygens (including phenoxy) is 2. The van der Waals surface area contributed by atoms with Crippen LogP contribution in [0.5, 0.6) is 11.5 Å². The Balaban J connectivity index is 1.60. The highest BCUT2D eigenvalue weighted by atomic mass is 79.9. The van der Waals surface area contributed by atoms with Gasteiger partial charge in [0.1, 0.15) is 0 Å². The fraction of sp³-hybridized carbons (Fsp3) is 0.250. The molecule has 104 valence electrons. The lowest BCUT2D eigenvalue weighted by molar-refractivity contribution is 0.174. The van der Waals surface area contributed by atoms with Crippen LogP contribution in [-0.4, -0.2) is 6.79 Å². The predicted octanol–water partition coefficient (Wildman–Crippen LogP) is 3.78. The lowest BCUT2D eigenvalue weighted by Crippen LogP contribution is -2.13. The molecule has 0 saturated heterocycles. The molecule has 0 saturated carbocycles. The molecule has 1 heterocycles. The van der Waals surface area contributed by atoms with Gasteiger partial charge in [-0.05, 0) is 41.8 Å². The maximum Gasteiger partial charge on any atom is 0.231 e. The number of fused-ring (bicyclic) bond motifs is 1. The summed E-state index contributed by atoms with van der Waals surface area (Å²) in [6.45, 7) is 4.05. The SMILES string of the molecule is Cc1ccc(CNCc2ccc3c(c2)OCO3)c(Br)c1. The lowest BCUT2D eigenvalue weighted by Gasteiger charge is -2.08. The Labute approximate surface area is 127 Å². The van der Waals surface area contributed by atoms with E-state index in [-0.39, 0.29) is 0 Å². The van der Waals surface area contributed by atoms with E-state index in [9.17, 15) is 0 Å². The molecule has 0 spiro atoms. The summed E-state index contributed by atoms with van der Waals surface area (Å²) in [6, 6.07) is 12.5. The molecule has 0 unspecified atom stereocenters. The third-order valence-corrected chi connectivity index (χ3v) is 4.03. The number of halogens is 1. The minimum atomic E-state index is 0.322. The summed E-state index contributed by atoms with van der Waals surface area (Å²) in [5, 5.41) is 3.44. The van der Waals surface area contributed by atoms with Gasteiger partial charge in [0.2, 0.25) is 6.79 Å². The van der Waals surface area contributed by atoms with Crippen LogP contribution in [0.15, 0.2) is 40.9 Å². The third-order valence-electron chi connectivity index (χ3n) is 3.29. The first kappa shape index (κ1) is 13.5. The van der Waals surface area contributed by atoms with Gasteiger partial charge in [-0.25, -0.2) is 0 Å². The average molecular weight is 334 g/mol.